The Morgan fingerprint density at radius 2 is 2.44 bits per heavy atom. The lowest BCUT2D eigenvalue weighted by Crippen LogP contribution is -2.29. The first-order chi connectivity index (χ1) is 8.69. The number of nitrogens with two attached hydrogens (primary N) is 1. The number of aromatic nitrogens is 2. The van der Waals surface area contributed by atoms with Crippen LogP contribution in [0.15, 0.2) is 17.1 Å². The third kappa shape index (κ3) is 3.30. The highest BCUT2D eigenvalue weighted by molar-refractivity contribution is 5.38. The molecule has 2 heterocycles. The highest BCUT2D eigenvalue weighted by atomic mass is 16.5. The van der Waals surface area contributed by atoms with Crippen molar-refractivity contribution in [2.24, 2.45) is 5.73 Å². The normalized spacial score (nSPS) is 23.2. The van der Waals surface area contributed by atoms with Crippen LogP contribution in [0.3, 0.4) is 0 Å². The van der Waals surface area contributed by atoms with Gasteiger partial charge >= 0.3 is 0 Å². The zero-order valence-corrected chi connectivity index (χ0v) is 10.6. The molecule has 1 aromatic rings. The maximum Gasteiger partial charge on any atom is 0.268 e. The zero-order chi connectivity index (χ0) is 13.0. The third-order valence-corrected chi connectivity index (χ3v) is 3.04. The first-order valence-corrected chi connectivity index (χ1v) is 6.35. The molecule has 1 aliphatic rings. The van der Waals surface area contributed by atoms with Gasteiger partial charge in [-0.05, 0) is 19.8 Å². The van der Waals surface area contributed by atoms with Gasteiger partial charge in [0.25, 0.3) is 5.56 Å². The molecule has 1 aliphatic heterocycles. The van der Waals surface area contributed by atoms with Crippen molar-refractivity contribution in [1.82, 2.24) is 9.78 Å². The number of hydrogen-bond acceptors (Lipinski definition) is 5. The topological polar surface area (TPSA) is 82.2 Å². The molecular weight excluding hydrogens is 232 g/mol. The fraction of sp³-hybridized carbons (Fsp3) is 0.667. The minimum absolute atomic E-state index is 0.105. The molecule has 0 aromatic carbocycles. The number of nitrogens with one attached hydrogen (secondary N) is 1. The first kappa shape index (κ1) is 13.0. The Kier molecular flexibility index (Phi) is 4.33. The van der Waals surface area contributed by atoms with Gasteiger partial charge in [0.05, 0.1) is 30.6 Å². The minimum atomic E-state index is -0.111. The first-order valence-electron chi connectivity index (χ1n) is 6.35. The summed E-state index contributed by atoms with van der Waals surface area (Å²) >= 11 is 0. The Hall–Kier alpha value is -1.40. The van der Waals surface area contributed by atoms with Gasteiger partial charge in [-0.15, -0.1) is 0 Å². The molecule has 0 bridgehead atoms. The second-order valence-electron chi connectivity index (χ2n) is 4.63. The summed E-state index contributed by atoms with van der Waals surface area (Å²) in [5.41, 5.74) is 5.98. The van der Waals surface area contributed by atoms with Crippen LogP contribution in [0.2, 0.25) is 0 Å². The van der Waals surface area contributed by atoms with Gasteiger partial charge in [-0.25, -0.2) is 4.68 Å². The van der Waals surface area contributed by atoms with Crippen molar-refractivity contribution < 1.29 is 4.74 Å². The largest absolute Gasteiger partial charge is 0.382 e. The Morgan fingerprint density at radius 3 is 3.06 bits per heavy atom. The van der Waals surface area contributed by atoms with E-state index in [1.165, 1.54) is 4.68 Å². The van der Waals surface area contributed by atoms with Crippen molar-refractivity contribution >= 4 is 5.69 Å². The Balaban J connectivity index is 1.99. The molecule has 2 unspecified atom stereocenters. The van der Waals surface area contributed by atoms with Crippen LogP contribution in [0.1, 0.15) is 19.8 Å². The number of nitrogens with zero attached hydrogens (tertiary/aromatic N) is 2. The van der Waals surface area contributed by atoms with Gasteiger partial charge in [0.15, 0.2) is 0 Å². The van der Waals surface area contributed by atoms with Crippen LogP contribution in [-0.2, 0) is 11.3 Å². The lowest BCUT2D eigenvalue weighted by molar-refractivity contribution is 0.0428. The quantitative estimate of drug-likeness (QED) is 0.781. The monoisotopic (exact) mass is 252 g/mol. The fourth-order valence-corrected chi connectivity index (χ4v) is 2.10. The molecule has 3 N–H and O–H groups in total. The molecule has 0 saturated carbocycles. The summed E-state index contributed by atoms with van der Waals surface area (Å²) in [5, 5.41) is 7.17. The van der Waals surface area contributed by atoms with Gasteiger partial charge in [0.2, 0.25) is 0 Å². The predicted molar refractivity (Wildman–Crippen MR) is 69.6 cm³/mol. The second-order valence-corrected chi connectivity index (χ2v) is 4.63. The molecule has 100 valence electrons. The van der Waals surface area contributed by atoms with Gasteiger partial charge < -0.3 is 15.8 Å². The fourth-order valence-electron chi connectivity index (χ4n) is 2.10. The average molecular weight is 252 g/mol. The number of anilines is 1. The average Bonchev–Trinajstić information content (AvgIpc) is 2.75. The molecule has 0 radical (unpaired) electrons. The van der Waals surface area contributed by atoms with Crippen molar-refractivity contribution in [1.29, 1.82) is 0 Å². The van der Waals surface area contributed by atoms with E-state index in [4.69, 9.17) is 10.5 Å². The van der Waals surface area contributed by atoms with Crippen LogP contribution in [0, 0.1) is 0 Å². The second kappa shape index (κ2) is 5.97. The van der Waals surface area contributed by atoms with Crippen LogP contribution in [0.5, 0.6) is 0 Å². The Bertz CT molecular complexity index is 446. The molecule has 1 fully saturated rings. The van der Waals surface area contributed by atoms with Crippen molar-refractivity contribution in [2.45, 2.75) is 38.5 Å². The molecule has 0 aliphatic carbocycles. The summed E-state index contributed by atoms with van der Waals surface area (Å²) in [6.07, 6.45) is 4.08. The highest BCUT2D eigenvalue weighted by Gasteiger charge is 2.22. The van der Waals surface area contributed by atoms with Crippen LogP contribution in [0.4, 0.5) is 5.69 Å². The van der Waals surface area contributed by atoms with Crippen molar-refractivity contribution in [3.8, 4) is 0 Å². The SMILES string of the molecule is CC1CCC(Cn2ncc(NCCN)cc2=O)O1. The zero-order valence-electron chi connectivity index (χ0n) is 10.6. The molecule has 6 nitrogen and oxygen atoms in total. The van der Waals surface area contributed by atoms with Gasteiger partial charge in [-0.2, -0.15) is 5.10 Å². The molecule has 0 amide bonds. The van der Waals surface area contributed by atoms with Crippen LogP contribution >= 0.6 is 0 Å². The molecule has 6 heteroatoms. The van der Waals surface area contributed by atoms with Crippen molar-refractivity contribution in [3.63, 3.8) is 0 Å². The van der Waals surface area contributed by atoms with Crippen LogP contribution < -0.4 is 16.6 Å². The molecule has 2 rings (SSSR count). The van der Waals surface area contributed by atoms with E-state index in [9.17, 15) is 4.79 Å². The number of rotatable bonds is 5. The van der Waals surface area contributed by atoms with E-state index in [2.05, 4.69) is 17.3 Å². The van der Waals surface area contributed by atoms with E-state index >= 15 is 0 Å². The Morgan fingerprint density at radius 1 is 1.61 bits per heavy atom. The van der Waals surface area contributed by atoms with Crippen LogP contribution in [-0.4, -0.2) is 35.1 Å². The van der Waals surface area contributed by atoms with E-state index < -0.39 is 0 Å². The van der Waals surface area contributed by atoms with Gasteiger partial charge in [-0.1, -0.05) is 0 Å². The standard InChI is InChI=1S/C12H20N4O2/c1-9-2-3-11(18-9)8-16-12(17)6-10(7-15-16)14-5-4-13/h6-7,9,11,14H,2-5,8,13H2,1H3. The Labute approximate surface area is 106 Å². The number of hydrogen-bond donors (Lipinski definition) is 2. The lowest BCUT2D eigenvalue weighted by atomic mass is 10.2. The van der Waals surface area contributed by atoms with E-state index in [0.717, 1.165) is 12.8 Å². The summed E-state index contributed by atoms with van der Waals surface area (Å²) < 4.78 is 7.14. The van der Waals surface area contributed by atoms with Gasteiger partial charge in [0, 0.05) is 19.2 Å². The summed E-state index contributed by atoms with van der Waals surface area (Å²) in [5.74, 6) is 0. The molecule has 2 atom stereocenters. The van der Waals surface area contributed by atoms with Gasteiger partial charge in [0.1, 0.15) is 0 Å². The number of ether oxygens (including phenoxy) is 1. The molecule has 1 saturated heterocycles. The van der Waals surface area contributed by atoms with E-state index in [0.29, 0.717) is 25.3 Å². The third-order valence-electron chi connectivity index (χ3n) is 3.04. The summed E-state index contributed by atoms with van der Waals surface area (Å²) in [7, 11) is 0. The molecule has 18 heavy (non-hydrogen) atoms. The molecule has 0 spiro atoms. The molecular formula is C12H20N4O2. The van der Waals surface area contributed by atoms with Crippen LogP contribution in [0.25, 0.3) is 0 Å². The predicted octanol–water partition coefficient (Wildman–Crippen LogP) is 0.181. The minimum Gasteiger partial charge on any atom is -0.382 e. The lowest BCUT2D eigenvalue weighted by Gasteiger charge is -2.12. The van der Waals surface area contributed by atoms with Crippen molar-refractivity contribution in [3.05, 3.63) is 22.6 Å². The maximum absolute atomic E-state index is 11.8. The molecule has 1 aromatic heterocycles. The van der Waals surface area contributed by atoms with E-state index in [-0.39, 0.29) is 17.8 Å². The highest BCUT2D eigenvalue weighted by Crippen LogP contribution is 2.19. The maximum atomic E-state index is 11.8. The summed E-state index contributed by atoms with van der Waals surface area (Å²) in [4.78, 5) is 11.8. The van der Waals surface area contributed by atoms with Gasteiger partial charge in [-0.3, -0.25) is 4.79 Å². The summed E-state index contributed by atoms with van der Waals surface area (Å²) in [6.45, 7) is 3.74. The van der Waals surface area contributed by atoms with E-state index in [1.54, 1.807) is 12.3 Å². The van der Waals surface area contributed by atoms with Crippen molar-refractivity contribution in [2.75, 3.05) is 18.4 Å². The summed E-state index contributed by atoms with van der Waals surface area (Å²) in [6, 6.07) is 1.54. The smallest absolute Gasteiger partial charge is 0.268 e. The van der Waals surface area contributed by atoms with E-state index in [1.807, 2.05) is 0 Å².